The maximum atomic E-state index is 13.8. The Bertz CT molecular complexity index is 974. The molecule has 7 heteroatoms. The Morgan fingerprint density at radius 3 is 2.63 bits per heavy atom. The van der Waals surface area contributed by atoms with E-state index < -0.39 is 17.6 Å². The number of carboxylic acid groups (broad SMARTS) is 1. The highest BCUT2D eigenvalue weighted by molar-refractivity contribution is 9.10. The van der Waals surface area contributed by atoms with Crippen molar-refractivity contribution in [3.05, 3.63) is 63.9 Å². The average Bonchev–Trinajstić information content (AvgIpc) is 2.70. The van der Waals surface area contributed by atoms with Gasteiger partial charge < -0.3 is 10.0 Å². The lowest BCUT2D eigenvalue weighted by molar-refractivity contribution is -0.141. The van der Waals surface area contributed by atoms with Crippen molar-refractivity contribution in [1.29, 1.82) is 0 Å². The number of fused-ring (bicyclic) bond motifs is 1. The van der Waals surface area contributed by atoms with E-state index in [1.165, 1.54) is 12.1 Å². The summed E-state index contributed by atoms with van der Waals surface area (Å²) in [6, 6.07) is 11.2. The molecule has 27 heavy (non-hydrogen) atoms. The summed E-state index contributed by atoms with van der Waals surface area (Å²) in [5.41, 5.74) is 1.23. The van der Waals surface area contributed by atoms with Gasteiger partial charge in [-0.15, -0.1) is 0 Å². The Kier molecular flexibility index (Phi) is 5.18. The first-order valence-corrected chi connectivity index (χ1v) is 9.54. The molecule has 1 aliphatic rings. The van der Waals surface area contributed by atoms with Crippen LogP contribution in [0.25, 0.3) is 0 Å². The number of benzene rings is 2. The molecule has 0 amide bonds. The van der Waals surface area contributed by atoms with Crippen molar-refractivity contribution in [3.63, 3.8) is 0 Å². The Labute approximate surface area is 170 Å². The van der Waals surface area contributed by atoms with Gasteiger partial charge in [0.15, 0.2) is 0 Å². The molecule has 0 saturated heterocycles. The summed E-state index contributed by atoms with van der Waals surface area (Å²) < 4.78 is 14.7. The van der Waals surface area contributed by atoms with Crippen LogP contribution in [0.4, 0.5) is 10.1 Å². The van der Waals surface area contributed by atoms with Crippen molar-refractivity contribution in [2.75, 3.05) is 4.90 Å². The normalized spacial score (nSPS) is 17.2. The van der Waals surface area contributed by atoms with Crippen molar-refractivity contribution in [2.45, 2.75) is 32.4 Å². The number of carbonyl (C=O) groups is 1. The van der Waals surface area contributed by atoms with Crippen molar-refractivity contribution in [1.82, 2.24) is 0 Å². The first kappa shape index (κ1) is 19.6. The smallest absolute Gasteiger partial charge is 0.329 e. The van der Waals surface area contributed by atoms with Gasteiger partial charge in [0, 0.05) is 15.6 Å². The van der Waals surface area contributed by atoms with Crippen molar-refractivity contribution in [3.8, 4) is 0 Å². The second-order valence-electron chi connectivity index (χ2n) is 6.86. The number of halogens is 2. The highest BCUT2D eigenvalue weighted by atomic mass is 79.9. The van der Waals surface area contributed by atoms with Crippen molar-refractivity contribution >= 4 is 50.5 Å². The zero-order chi connectivity index (χ0) is 19.9. The molecule has 0 spiro atoms. The van der Waals surface area contributed by atoms with Gasteiger partial charge >= 0.3 is 5.97 Å². The van der Waals surface area contributed by atoms with Crippen LogP contribution in [0.2, 0.25) is 0 Å². The number of aliphatic carboxylic acids is 1. The van der Waals surface area contributed by atoms with E-state index in [0.29, 0.717) is 27.5 Å². The Hall–Kier alpha value is -2.12. The minimum atomic E-state index is -1.28. The van der Waals surface area contributed by atoms with Crippen LogP contribution in [-0.4, -0.2) is 33.4 Å². The van der Waals surface area contributed by atoms with Crippen LogP contribution in [0.15, 0.2) is 51.9 Å². The number of anilines is 1. The third kappa shape index (κ3) is 3.53. The minimum absolute atomic E-state index is 0.367. The monoisotopic (exact) mass is 448 g/mol. The van der Waals surface area contributed by atoms with Gasteiger partial charge in [0.2, 0.25) is 0 Å². The number of thiocarbonyl (C=S) groups is 1. The van der Waals surface area contributed by atoms with E-state index in [1.54, 1.807) is 30.9 Å². The quantitative estimate of drug-likeness (QED) is 0.683. The van der Waals surface area contributed by atoms with Crippen LogP contribution in [0, 0.1) is 5.82 Å². The molecule has 2 aromatic rings. The first-order chi connectivity index (χ1) is 12.6. The van der Waals surface area contributed by atoms with E-state index >= 15 is 0 Å². The average molecular weight is 449 g/mol. The zero-order valence-corrected chi connectivity index (χ0v) is 17.4. The van der Waals surface area contributed by atoms with Crippen LogP contribution in [0.3, 0.4) is 0 Å². The van der Waals surface area contributed by atoms with Gasteiger partial charge in [0.1, 0.15) is 16.3 Å². The molecule has 1 heterocycles. The van der Waals surface area contributed by atoms with Gasteiger partial charge in [-0.05, 0) is 51.1 Å². The Morgan fingerprint density at radius 1 is 1.30 bits per heavy atom. The second kappa shape index (κ2) is 7.13. The third-order valence-corrected chi connectivity index (χ3v) is 5.55. The topological polar surface area (TPSA) is 52.9 Å². The van der Waals surface area contributed by atoms with Crippen LogP contribution in [-0.2, 0) is 4.79 Å². The van der Waals surface area contributed by atoms with E-state index in [-0.39, 0.29) is 5.82 Å². The number of nitrogens with zero attached hydrogens (tertiary/aromatic N) is 2. The molecule has 1 unspecified atom stereocenters. The van der Waals surface area contributed by atoms with Crippen LogP contribution in [0.5, 0.6) is 0 Å². The molecular formula is C20H18BrFN2O2S. The van der Waals surface area contributed by atoms with E-state index in [0.717, 1.165) is 4.47 Å². The summed E-state index contributed by atoms with van der Waals surface area (Å²) in [5, 5.41) is 9.79. The molecule has 0 radical (unpaired) electrons. The highest BCUT2D eigenvalue weighted by Crippen LogP contribution is 2.36. The van der Waals surface area contributed by atoms with Gasteiger partial charge in [-0.25, -0.2) is 9.18 Å². The molecule has 2 aromatic carbocycles. The summed E-state index contributed by atoms with van der Waals surface area (Å²) in [6.45, 7) is 5.02. The molecular weight excluding hydrogens is 431 g/mol. The highest BCUT2D eigenvalue weighted by Gasteiger charge is 2.41. The van der Waals surface area contributed by atoms with Gasteiger partial charge in [-0.1, -0.05) is 40.3 Å². The molecule has 3 rings (SSSR count). The molecule has 0 saturated carbocycles. The van der Waals surface area contributed by atoms with E-state index in [9.17, 15) is 14.3 Å². The summed E-state index contributed by atoms with van der Waals surface area (Å²) in [7, 11) is 0. The van der Waals surface area contributed by atoms with Crippen LogP contribution < -0.4 is 4.90 Å². The van der Waals surface area contributed by atoms with E-state index in [1.807, 2.05) is 25.1 Å². The minimum Gasteiger partial charge on any atom is -0.480 e. The van der Waals surface area contributed by atoms with Crippen molar-refractivity contribution < 1.29 is 14.3 Å². The molecule has 1 atom stereocenters. The predicted molar refractivity (Wildman–Crippen MR) is 112 cm³/mol. The van der Waals surface area contributed by atoms with Gasteiger partial charge in [0.25, 0.3) is 0 Å². The Morgan fingerprint density at radius 2 is 2.00 bits per heavy atom. The van der Waals surface area contributed by atoms with Crippen LogP contribution in [0.1, 0.15) is 31.9 Å². The molecule has 0 fully saturated rings. The lowest BCUT2D eigenvalue weighted by atomic mass is 9.96. The van der Waals surface area contributed by atoms with Crippen molar-refractivity contribution in [2.24, 2.45) is 4.99 Å². The fourth-order valence-corrected chi connectivity index (χ4v) is 3.80. The molecule has 4 nitrogen and oxygen atoms in total. The number of benzodiazepines with no additional fused rings is 1. The predicted octanol–water partition coefficient (Wildman–Crippen LogP) is 4.82. The first-order valence-electron chi connectivity index (χ1n) is 8.34. The molecule has 1 N–H and O–H groups in total. The third-order valence-electron chi connectivity index (χ3n) is 4.54. The molecule has 0 bridgehead atoms. The molecule has 140 valence electrons. The Balaban J connectivity index is 2.32. The number of rotatable bonds is 3. The largest absolute Gasteiger partial charge is 0.480 e. The van der Waals surface area contributed by atoms with Gasteiger partial charge in [-0.2, -0.15) is 0 Å². The number of hydrogen-bond donors (Lipinski definition) is 1. The van der Waals surface area contributed by atoms with E-state index in [2.05, 4.69) is 15.9 Å². The van der Waals surface area contributed by atoms with Gasteiger partial charge in [0.05, 0.1) is 17.4 Å². The van der Waals surface area contributed by atoms with E-state index in [4.69, 9.17) is 17.2 Å². The van der Waals surface area contributed by atoms with Gasteiger partial charge in [-0.3, -0.25) is 4.99 Å². The molecule has 1 aliphatic heterocycles. The summed E-state index contributed by atoms with van der Waals surface area (Å²) in [4.78, 5) is 18.7. The fraction of sp³-hybridized carbons (Fsp3) is 0.250. The zero-order valence-electron chi connectivity index (χ0n) is 15.0. The summed E-state index contributed by atoms with van der Waals surface area (Å²) in [6.07, 6.45) is 0. The molecule has 0 aromatic heterocycles. The van der Waals surface area contributed by atoms with Crippen LogP contribution >= 0.6 is 28.1 Å². The summed E-state index contributed by atoms with van der Waals surface area (Å²) in [5.74, 6) is -1.37. The second-order valence-corrected chi connectivity index (χ2v) is 8.20. The number of aliphatic imine (C=N–C) groups is 1. The SMILES string of the molecule is CC1N=C(c2cccc(F)c2)c2cc(Br)ccc2N(C(C)(C)C(=O)O)C1=S. The number of carboxylic acids is 1. The maximum absolute atomic E-state index is 13.8. The fourth-order valence-electron chi connectivity index (χ4n) is 3.05. The molecule has 0 aliphatic carbocycles. The lowest BCUT2D eigenvalue weighted by Gasteiger charge is -2.38. The maximum Gasteiger partial charge on any atom is 0.329 e. The standard InChI is InChI=1S/C20H18BrFN2O2S/c1-11-18(27)24(20(2,3)19(25)26)16-8-7-13(21)10-15(16)17(23-11)12-5-4-6-14(22)9-12/h4-11H,1-3H3,(H,25,26). The summed E-state index contributed by atoms with van der Waals surface area (Å²) >= 11 is 9.07. The lowest BCUT2D eigenvalue weighted by Crippen LogP contribution is -2.55. The number of hydrogen-bond acceptors (Lipinski definition) is 3.